The van der Waals surface area contributed by atoms with Crippen LogP contribution in [0.1, 0.15) is 39.0 Å². The molecule has 0 aliphatic heterocycles. The van der Waals surface area contributed by atoms with Gasteiger partial charge in [0.2, 0.25) is 5.16 Å². The molecule has 140 valence electrons. The summed E-state index contributed by atoms with van der Waals surface area (Å²) in [4.78, 5) is 31.9. The number of Topliss-reactive ketones (excluding diaryl/α,β-unsaturated/α-hetero) is 1. The van der Waals surface area contributed by atoms with Crippen LogP contribution in [-0.4, -0.2) is 43.9 Å². The molecule has 0 saturated heterocycles. The van der Waals surface area contributed by atoms with E-state index in [1.165, 1.54) is 11.8 Å². The minimum atomic E-state index is -0.451. The standard InChI is InChI=1S/C19H20N4O3S/c1-4-26-18(25)17-12(2)16(13(3)21-17)15(24)10-27-19-20-11-23(22-19)14-8-6-5-7-9-14/h5-9,11,21H,4,10H2,1-3H3. The van der Waals surface area contributed by atoms with Crippen LogP contribution >= 0.6 is 11.8 Å². The van der Waals surface area contributed by atoms with Crippen molar-refractivity contribution in [2.24, 2.45) is 0 Å². The van der Waals surface area contributed by atoms with E-state index in [1.807, 2.05) is 30.3 Å². The quantitative estimate of drug-likeness (QED) is 0.382. The van der Waals surface area contributed by atoms with Crippen LogP contribution in [0.4, 0.5) is 0 Å². The first kappa shape index (κ1) is 18.9. The van der Waals surface area contributed by atoms with Crippen molar-refractivity contribution >= 4 is 23.5 Å². The van der Waals surface area contributed by atoms with E-state index >= 15 is 0 Å². The van der Waals surface area contributed by atoms with E-state index in [0.29, 0.717) is 27.7 Å². The molecule has 0 radical (unpaired) electrons. The van der Waals surface area contributed by atoms with Crippen LogP contribution in [0.2, 0.25) is 0 Å². The first-order valence-electron chi connectivity index (χ1n) is 8.50. The average Bonchev–Trinajstić information content (AvgIpc) is 3.25. The topological polar surface area (TPSA) is 89.9 Å². The molecule has 0 saturated carbocycles. The first-order valence-corrected chi connectivity index (χ1v) is 9.49. The van der Waals surface area contributed by atoms with E-state index in [2.05, 4.69) is 15.1 Å². The number of esters is 1. The smallest absolute Gasteiger partial charge is 0.355 e. The molecule has 27 heavy (non-hydrogen) atoms. The van der Waals surface area contributed by atoms with Gasteiger partial charge >= 0.3 is 5.97 Å². The van der Waals surface area contributed by atoms with E-state index in [9.17, 15) is 9.59 Å². The molecule has 2 aromatic heterocycles. The van der Waals surface area contributed by atoms with E-state index < -0.39 is 5.97 Å². The monoisotopic (exact) mass is 384 g/mol. The summed E-state index contributed by atoms with van der Waals surface area (Å²) in [5, 5.41) is 4.90. The van der Waals surface area contributed by atoms with Crippen molar-refractivity contribution in [2.75, 3.05) is 12.4 Å². The lowest BCUT2D eigenvalue weighted by Gasteiger charge is -2.02. The second kappa shape index (κ2) is 8.22. The third-order valence-corrected chi connectivity index (χ3v) is 4.87. The number of rotatable bonds is 7. The number of benzene rings is 1. The summed E-state index contributed by atoms with van der Waals surface area (Å²) in [5.41, 5.74) is 3.02. The molecule has 0 bridgehead atoms. The van der Waals surface area contributed by atoms with Crippen LogP contribution < -0.4 is 0 Å². The van der Waals surface area contributed by atoms with Gasteiger partial charge in [-0.2, -0.15) is 0 Å². The van der Waals surface area contributed by atoms with Gasteiger partial charge in [0.05, 0.1) is 18.0 Å². The number of carbonyl (C=O) groups excluding carboxylic acids is 2. The number of ketones is 1. The van der Waals surface area contributed by atoms with Gasteiger partial charge < -0.3 is 9.72 Å². The summed E-state index contributed by atoms with van der Waals surface area (Å²) in [7, 11) is 0. The molecule has 3 aromatic rings. The highest BCUT2D eigenvalue weighted by Gasteiger charge is 2.23. The number of nitrogens with zero attached hydrogens (tertiary/aromatic N) is 3. The van der Waals surface area contributed by atoms with Crippen molar-refractivity contribution in [3.63, 3.8) is 0 Å². The minimum absolute atomic E-state index is 0.0853. The average molecular weight is 384 g/mol. The Morgan fingerprint density at radius 2 is 1.96 bits per heavy atom. The molecule has 0 amide bonds. The van der Waals surface area contributed by atoms with Gasteiger partial charge in [0.15, 0.2) is 5.78 Å². The number of aryl methyl sites for hydroxylation is 1. The zero-order valence-corrected chi connectivity index (χ0v) is 16.2. The lowest BCUT2D eigenvalue weighted by Crippen LogP contribution is -2.08. The summed E-state index contributed by atoms with van der Waals surface area (Å²) in [6.45, 7) is 5.55. The van der Waals surface area contributed by atoms with Crippen LogP contribution in [0, 0.1) is 13.8 Å². The Kier molecular flexibility index (Phi) is 5.75. The van der Waals surface area contributed by atoms with Gasteiger partial charge in [-0.25, -0.2) is 14.5 Å². The lowest BCUT2D eigenvalue weighted by atomic mass is 10.1. The number of ether oxygens (including phenoxy) is 1. The SMILES string of the molecule is CCOC(=O)c1[nH]c(C)c(C(=O)CSc2ncn(-c3ccccc3)n2)c1C. The molecule has 0 aliphatic carbocycles. The predicted molar refractivity (Wildman–Crippen MR) is 103 cm³/mol. The van der Waals surface area contributed by atoms with Gasteiger partial charge in [-0.3, -0.25) is 4.79 Å². The fraction of sp³-hybridized carbons (Fsp3) is 0.263. The highest BCUT2D eigenvalue weighted by atomic mass is 32.2. The van der Waals surface area contributed by atoms with Crippen LogP contribution in [0.15, 0.2) is 41.8 Å². The number of hydrogen-bond acceptors (Lipinski definition) is 6. The van der Waals surface area contributed by atoms with Gasteiger partial charge in [-0.05, 0) is 38.5 Å². The Bertz CT molecular complexity index is 963. The largest absolute Gasteiger partial charge is 0.461 e. The molecule has 0 atom stereocenters. The molecule has 0 aliphatic rings. The van der Waals surface area contributed by atoms with Crippen molar-refractivity contribution in [2.45, 2.75) is 25.9 Å². The van der Waals surface area contributed by atoms with Crippen LogP contribution in [0.3, 0.4) is 0 Å². The van der Waals surface area contributed by atoms with Crippen molar-refractivity contribution in [1.82, 2.24) is 19.7 Å². The summed E-state index contributed by atoms with van der Waals surface area (Å²) < 4.78 is 6.69. The summed E-state index contributed by atoms with van der Waals surface area (Å²) >= 11 is 1.26. The zero-order valence-electron chi connectivity index (χ0n) is 15.4. The van der Waals surface area contributed by atoms with Gasteiger partial charge in [0, 0.05) is 11.3 Å². The molecule has 1 aromatic carbocycles. The highest BCUT2D eigenvalue weighted by molar-refractivity contribution is 7.99. The molecule has 0 unspecified atom stereocenters. The summed E-state index contributed by atoms with van der Waals surface area (Å²) in [6.07, 6.45) is 1.62. The number of carbonyl (C=O) groups is 2. The Hall–Kier alpha value is -2.87. The molecular formula is C19H20N4O3S. The third-order valence-electron chi connectivity index (χ3n) is 4.02. The molecule has 7 nitrogen and oxygen atoms in total. The molecular weight excluding hydrogens is 364 g/mol. The number of aromatic amines is 1. The number of thioether (sulfide) groups is 1. The maximum Gasteiger partial charge on any atom is 0.355 e. The molecule has 1 N–H and O–H groups in total. The number of nitrogens with one attached hydrogen (secondary N) is 1. The molecule has 8 heteroatoms. The van der Waals surface area contributed by atoms with E-state index in [0.717, 1.165) is 5.69 Å². The minimum Gasteiger partial charge on any atom is -0.461 e. The summed E-state index contributed by atoms with van der Waals surface area (Å²) in [5.74, 6) is -0.355. The zero-order chi connectivity index (χ0) is 19.4. The van der Waals surface area contributed by atoms with Crippen LogP contribution in [0.25, 0.3) is 5.69 Å². The van der Waals surface area contributed by atoms with Crippen LogP contribution in [-0.2, 0) is 4.74 Å². The number of para-hydroxylation sites is 1. The maximum absolute atomic E-state index is 12.7. The third kappa shape index (κ3) is 4.11. The van der Waals surface area contributed by atoms with Crippen molar-refractivity contribution in [3.05, 3.63) is 59.2 Å². The van der Waals surface area contributed by atoms with Crippen LogP contribution in [0.5, 0.6) is 0 Å². The molecule has 0 spiro atoms. The number of hydrogen-bond donors (Lipinski definition) is 1. The highest BCUT2D eigenvalue weighted by Crippen LogP contribution is 2.23. The Morgan fingerprint density at radius 1 is 1.22 bits per heavy atom. The second-order valence-corrected chi connectivity index (χ2v) is 6.81. The second-order valence-electron chi connectivity index (χ2n) is 5.86. The van der Waals surface area contributed by atoms with Crippen molar-refractivity contribution in [3.8, 4) is 5.69 Å². The fourth-order valence-electron chi connectivity index (χ4n) is 2.80. The first-order chi connectivity index (χ1) is 13.0. The van der Waals surface area contributed by atoms with E-state index in [1.54, 1.807) is 31.8 Å². The normalized spacial score (nSPS) is 10.8. The summed E-state index contributed by atoms with van der Waals surface area (Å²) in [6, 6.07) is 9.63. The number of aromatic nitrogens is 4. The Morgan fingerprint density at radius 3 is 2.67 bits per heavy atom. The van der Waals surface area contributed by atoms with E-state index in [4.69, 9.17) is 4.74 Å². The number of H-pyrrole nitrogens is 1. The molecule has 2 heterocycles. The van der Waals surface area contributed by atoms with Gasteiger partial charge in [-0.15, -0.1) is 5.10 Å². The lowest BCUT2D eigenvalue weighted by molar-refractivity contribution is 0.0519. The van der Waals surface area contributed by atoms with Gasteiger partial charge in [0.1, 0.15) is 12.0 Å². The Labute approximate surface area is 161 Å². The molecule has 3 rings (SSSR count). The van der Waals surface area contributed by atoms with E-state index in [-0.39, 0.29) is 18.1 Å². The van der Waals surface area contributed by atoms with Crippen molar-refractivity contribution < 1.29 is 14.3 Å². The fourth-order valence-corrected chi connectivity index (χ4v) is 3.47. The van der Waals surface area contributed by atoms with Crippen molar-refractivity contribution in [1.29, 1.82) is 0 Å². The predicted octanol–water partition coefficient (Wildman–Crippen LogP) is 3.36. The Balaban J connectivity index is 1.70. The maximum atomic E-state index is 12.7. The van der Waals surface area contributed by atoms with Gasteiger partial charge in [-0.1, -0.05) is 30.0 Å². The molecule has 0 fully saturated rings. The van der Waals surface area contributed by atoms with Gasteiger partial charge in [0.25, 0.3) is 0 Å².